The Labute approximate surface area is 124 Å². The molecular weight excluding hydrogens is 248 g/mol. The molecule has 1 saturated heterocycles. The van der Waals surface area contributed by atoms with Crippen LogP contribution in [-0.2, 0) is 4.74 Å². The maximum atomic E-state index is 5.98. The maximum absolute atomic E-state index is 5.98. The van der Waals surface area contributed by atoms with Crippen LogP contribution in [0.3, 0.4) is 0 Å². The first-order valence-corrected chi connectivity index (χ1v) is 9.02. The van der Waals surface area contributed by atoms with Gasteiger partial charge in [-0.05, 0) is 51.0 Å². The summed E-state index contributed by atoms with van der Waals surface area (Å²) in [5.74, 6) is 0.859. The molecule has 3 rings (SSSR count). The molecule has 3 nitrogen and oxygen atoms in total. The molecule has 2 N–H and O–H groups in total. The molecule has 1 aliphatic heterocycles. The molecule has 3 unspecified atom stereocenters. The third-order valence-electron chi connectivity index (χ3n) is 5.60. The van der Waals surface area contributed by atoms with E-state index in [1.165, 1.54) is 70.8 Å². The second-order valence-electron chi connectivity index (χ2n) is 6.99. The van der Waals surface area contributed by atoms with E-state index in [4.69, 9.17) is 4.74 Å². The first kappa shape index (κ1) is 14.8. The smallest absolute Gasteiger partial charge is 0.0594 e. The van der Waals surface area contributed by atoms with Crippen molar-refractivity contribution in [3.63, 3.8) is 0 Å². The lowest BCUT2D eigenvalue weighted by atomic mass is 9.79. The fraction of sp³-hybridized carbons (Fsp3) is 1.00. The Balaban J connectivity index is 1.37. The molecule has 0 spiro atoms. The molecule has 20 heavy (non-hydrogen) atoms. The zero-order valence-electron chi connectivity index (χ0n) is 12.9. The number of ether oxygens (including phenoxy) is 1. The van der Waals surface area contributed by atoms with E-state index in [1.54, 1.807) is 0 Å². The highest BCUT2D eigenvalue weighted by Gasteiger charge is 2.32. The Morgan fingerprint density at radius 2 is 1.70 bits per heavy atom. The molecule has 3 heteroatoms. The van der Waals surface area contributed by atoms with Crippen LogP contribution in [-0.4, -0.2) is 37.9 Å². The summed E-state index contributed by atoms with van der Waals surface area (Å²) < 4.78 is 5.98. The molecule has 0 aromatic heterocycles. The van der Waals surface area contributed by atoms with Gasteiger partial charge in [0, 0.05) is 18.6 Å². The molecule has 2 aliphatic carbocycles. The van der Waals surface area contributed by atoms with Crippen LogP contribution in [0.15, 0.2) is 0 Å². The lowest BCUT2D eigenvalue weighted by Crippen LogP contribution is -2.47. The van der Waals surface area contributed by atoms with Gasteiger partial charge < -0.3 is 15.4 Å². The van der Waals surface area contributed by atoms with Crippen molar-refractivity contribution in [2.75, 3.05) is 19.7 Å². The molecule has 0 radical (unpaired) electrons. The SMILES string of the molecule is C1CCC(OCCNC2CCCCC2C2CCCN2)C1. The van der Waals surface area contributed by atoms with Gasteiger partial charge >= 0.3 is 0 Å². The summed E-state index contributed by atoms with van der Waals surface area (Å²) in [5.41, 5.74) is 0. The number of rotatable bonds is 6. The predicted octanol–water partition coefficient (Wildman–Crippen LogP) is 2.85. The van der Waals surface area contributed by atoms with Gasteiger partial charge in [-0.1, -0.05) is 25.7 Å². The molecule has 0 aromatic rings. The Bertz CT molecular complexity index is 272. The molecule has 0 bridgehead atoms. The topological polar surface area (TPSA) is 33.3 Å². The third-order valence-corrected chi connectivity index (χ3v) is 5.60. The summed E-state index contributed by atoms with van der Waals surface area (Å²) in [5, 5.41) is 7.53. The van der Waals surface area contributed by atoms with E-state index in [1.807, 2.05) is 0 Å². The van der Waals surface area contributed by atoms with E-state index in [2.05, 4.69) is 10.6 Å². The normalized spacial score (nSPS) is 35.7. The molecule has 116 valence electrons. The van der Waals surface area contributed by atoms with Crippen molar-refractivity contribution in [2.24, 2.45) is 5.92 Å². The Kier molecular flexibility index (Phi) is 5.75. The van der Waals surface area contributed by atoms with Crippen molar-refractivity contribution in [2.45, 2.75) is 82.4 Å². The number of nitrogens with one attached hydrogen (secondary N) is 2. The Morgan fingerprint density at radius 1 is 0.900 bits per heavy atom. The van der Waals surface area contributed by atoms with Crippen molar-refractivity contribution in [3.8, 4) is 0 Å². The average Bonchev–Trinajstić information content (AvgIpc) is 3.17. The van der Waals surface area contributed by atoms with Crippen LogP contribution < -0.4 is 10.6 Å². The zero-order valence-corrected chi connectivity index (χ0v) is 12.9. The van der Waals surface area contributed by atoms with Crippen LogP contribution >= 0.6 is 0 Å². The molecule has 2 saturated carbocycles. The highest BCUT2D eigenvalue weighted by atomic mass is 16.5. The van der Waals surface area contributed by atoms with E-state index in [0.29, 0.717) is 6.10 Å². The fourth-order valence-electron chi connectivity index (χ4n) is 4.50. The van der Waals surface area contributed by atoms with Crippen molar-refractivity contribution >= 4 is 0 Å². The van der Waals surface area contributed by atoms with Crippen molar-refractivity contribution in [1.82, 2.24) is 10.6 Å². The van der Waals surface area contributed by atoms with Crippen molar-refractivity contribution in [3.05, 3.63) is 0 Å². The third kappa shape index (κ3) is 3.96. The molecule has 3 aliphatic rings. The van der Waals surface area contributed by atoms with Gasteiger partial charge in [-0.2, -0.15) is 0 Å². The van der Waals surface area contributed by atoms with E-state index in [-0.39, 0.29) is 0 Å². The van der Waals surface area contributed by atoms with Gasteiger partial charge in [-0.25, -0.2) is 0 Å². The maximum Gasteiger partial charge on any atom is 0.0594 e. The second-order valence-corrected chi connectivity index (χ2v) is 6.99. The fourth-order valence-corrected chi connectivity index (χ4v) is 4.50. The summed E-state index contributed by atoms with van der Waals surface area (Å²) in [6, 6.07) is 1.51. The number of hydrogen-bond donors (Lipinski definition) is 2. The highest BCUT2D eigenvalue weighted by molar-refractivity contribution is 4.91. The quantitative estimate of drug-likeness (QED) is 0.734. The molecule has 1 heterocycles. The first-order valence-electron chi connectivity index (χ1n) is 9.02. The van der Waals surface area contributed by atoms with Crippen LogP contribution in [0.2, 0.25) is 0 Å². The largest absolute Gasteiger partial charge is 0.377 e. The molecule has 3 atom stereocenters. The van der Waals surface area contributed by atoms with Crippen LogP contribution in [0.1, 0.15) is 64.2 Å². The molecule has 3 fully saturated rings. The summed E-state index contributed by atoms with van der Waals surface area (Å²) in [6.07, 6.45) is 14.3. The predicted molar refractivity (Wildman–Crippen MR) is 83.0 cm³/mol. The minimum Gasteiger partial charge on any atom is -0.377 e. The van der Waals surface area contributed by atoms with E-state index in [0.717, 1.165) is 31.2 Å². The number of hydrogen-bond acceptors (Lipinski definition) is 3. The summed E-state index contributed by atoms with van der Waals surface area (Å²) in [4.78, 5) is 0. The highest BCUT2D eigenvalue weighted by Crippen LogP contribution is 2.30. The average molecular weight is 280 g/mol. The summed E-state index contributed by atoms with van der Waals surface area (Å²) >= 11 is 0. The van der Waals surface area contributed by atoms with E-state index < -0.39 is 0 Å². The van der Waals surface area contributed by atoms with Gasteiger partial charge in [0.1, 0.15) is 0 Å². The monoisotopic (exact) mass is 280 g/mol. The summed E-state index contributed by atoms with van der Waals surface area (Å²) in [6.45, 7) is 3.19. The summed E-state index contributed by atoms with van der Waals surface area (Å²) in [7, 11) is 0. The van der Waals surface area contributed by atoms with Gasteiger partial charge in [0.05, 0.1) is 12.7 Å². The van der Waals surface area contributed by atoms with E-state index >= 15 is 0 Å². The van der Waals surface area contributed by atoms with Gasteiger partial charge in [0.15, 0.2) is 0 Å². The molecule has 0 aromatic carbocycles. The van der Waals surface area contributed by atoms with Crippen LogP contribution in [0.4, 0.5) is 0 Å². The van der Waals surface area contributed by atoms with Crippen LogP contribution in [0.25, 0.3) is 0 Å². The second kappa shape index (κ2) is 7.77. The van der Waals surface area contributed by atoms with Gasteiger partial charge in [-0.3, -0.25) is 0 Å². The van der Waals surface area contributed by atoms with Crippen LogP contribution in [0.5, 0.6) is 0 Å². The first-order chi connectivity index (χ1) is 9.93. The van der Waals surface area contributed by atoms with Crippen molar-refractivity contribution in [1.29, 1.82) is 0 Å². The standard InChI is InChI=1S/C17H32N2O/c1-2-7-14(6-1)20-13-12-19-16-9-4-3-8-15(16)17-10-5-11-18-17/h14-19H,1-13H2. The molecular formula is C17H32N2O. The Hall–Kier alpha value is -0.120. The van der Waals surface area contributed by atoms with Gasteiger partial charge in [0.25, 0.3) is 0 Å². The molecule has 0 amide bonds. The zero-order chi connectivity index (χ0) is 13.6. The minimum atomic E-state index is 0.565. The van der Waals surface area contributed by atoms with Gasteiger partial charge in [0.2, 0.25) is 0 Å². The van der Waals surface area contributed by atoms with Crippen molar-refractivity contribution < 1.29 is 4.74 Å². The Morgan fingerprint density at radius 3 is 2.50 bits per heavy atom. The van der Waals surface area contributed by atoms with Gasteiger partial charge in [-0.15, -0.1) is 0 Å². The van der Waals surface area contributed by atoms with Crippen LogP contribution in [0, 0.1) is 5.92 Å². The van der Waals surface area contributed by atoms with E-state index in [9.17, 15) is 0 Å². The lowest BCUT2D eigenvalue weighted by molar-refractivity contribution is 0.0562. The minimum absolute atomic E-state index is 0.565. The lowest BCUT2D eigenvalue weighted by Gasteiger charge is -2.36.